The molecule has 0 spiro atoms. The van der Waals surface area contributed by atoms with E-state index in [4.69, 9.17) is 4.42 Å². The number of furan rings is 1. The van der Waals surface area contributed by atoms with Gasteiger partial charge < -0.3 is 14.6 Å². The third-order valence-corrected chi connectivity index (χ3v) is 5.01. The van der Waals surface area contributed by atoms with Gasteiger partial charge in [-0.2, -0.15) is 0 Å². The Hall–Kier alpha value is -1.33. The molecule has 2 atom stereocenters. The molecule has 3 heterocycles. The fraction of sp³-hybridized carbons (Fsp3) is 0.706. The van der Waals surface area contributed by atoms with E-state index in [1.165, 1.54) is 19.3 Å². The maximum atomic E-state index is 12.5. The molecular formula is C17H27N3O2. The fourth-order valence-electron chi connectivity index (χ4n) is 3.58. The Morgan fingerprint density at radius 1 is 1.27 bits per heavy atom. The van der Waals surface area contributed by atoms with Gasteiger partial charge in [-0.3, -0.25) is 9.69 Å². The lowest BCUT2D eigenvalue weighted by molar-refractivity contribution is 0.0687. The van der Waals surface area contributed by atoms with Crippen molar-refractivity contribution in [2.75, 3.05) is 32.7 Å². The van der Waals surface area contributed by atoms with E-state index in [1.54, 1.807) is 0 Å². The highest BCUT2D eigenvalue weighted by molar-refractivity contribution is 5.91. The van der Waals surface area contributed by atoms with Crippen molar-refractivity contribution in [3.05, 3.63) is 23.7 Å². The number of hydrogen-bond acceptors (Lipinski definition) is 4. The van der Waals surface area contributed by atoms with E-state index in [0.29, 0.717) is 11.8 Å². The minimum Gasteiger partial charge on any atom is -0.454 e. The summed E-state index contributed by atoms with van der Waals surface area (Å²) in [6.45, 7) is 8.82. The van der Waals surface area contributed by atoms with Gasteiger partial charge in [0.1, 0.15) is 5.76 Å². The van der Waals surface area contributed by atoms with E-state index in [-0.39, 0.29) is 11.9 Å². The number of nitrogens with one attached hydrogen (secondary N) is 1. The number of piperazine rings is 1. The molecule has 5 heteroatoms. The standard InChI is InChI=1S/C17H27N3O2/c1-13-5-3-4-10-20(13)14(2)15-6-7-16(22-15)17(21)19-11-8-18-9-12-19/h6-7,13-14,18H,3-5,8-12H2,1-2H3. The number of hydrogen-bond donors (Lipinski definition) is 1. The SMILES string of the molecule is CC1CCCCN1C(C)c1ccc(C(=O)N2CCNCC2)o1. The van der Waals surface area contributed by atoms with Gasteiger partial charge in [0.15, 0.2) is 5.76 Å². The first kappa shape index (κ1) is 15.6. The van der Waals surface area contributed by atoms with E-state index < -0.39 is 0 Å². The summed E-state index contributed by atoms with van der Waals surface area (Å²) in [6, 6.07) is 4.63. The van der Waals surface area contributed by atoms with Gasteiger partial charge in [-0.15, -0.1) is 0 Å². The third-order valence-electron chi connectivity index (χ3n) is 5.01. The Labute approximate surface area is 132 Å². The van der Waals surface area contributed by atoms with E-state index in [1.807, 2.05) is 17.0 Å². The summed E-state index contributed by atoms with van der Waals surface area (Å²) in [5.74, 6) is 1.41. The molecular weight excluding hydrogens is 278 g/mol. The van der Waals surface area contributed by atoms with Crippen molar-refractivity contribution in [2.24, 2.45) is 0 Å². The van der Waals surface area contributed by atoms with Gasteiger partial charge in [0.05, 0.1) is 6.04 Å². The average Bonchev–Trinajstić information content (AvgIpc) is 3.05. The van der Waals surface area contributed by atoms with Crippen LogP contribution in [0.4, 0.5) is 0 Å². The molecule has 22 heavy (non-hydrogen) atoms. The highest BCUT2D eigenvalue weighted by Gasteiger charge is 2.27. The molecule has 0 aliphatic carbocycles. The van der Waals surface area contributed by atoms with Crippen LogP contribution in [0.1, 0.15) is 55.5 Å². The smallest absolute Gasteiger partial charge is 0.289 e. The molecule has 2 aliphatic rings. The van der Waals surface area contributed by atoms with Crippen LogP contribution in [0.25, 0.3) is 0 Å². The minimum absolute atomic E-state index is 0.0200. The van der Waals surface area contributed by atoms with Crippen molar-refractivity contribution in [1.29, 1.82) is 0 Å². The van der Waals surface area contributed by atoms with Crippen molar-refractivity contribution in [1.82, 2.24) is 15.1 Å². The summed E-state index contributed by atoms with van der Waals surface area (Å²) in [4.78, 5) is 16.8. The second-order valence-electron chi connectivity index (χ2n) is 6.50. The first-order chi connectivity index (χ1) is 10.7. The number of piperidine rings is 1. The molecule has 122 valence electrons. The predicted molar refractivity (Wildman–Crippen MR) is 85.9 cm³/mol. The molecule has 2 fully saturated rings. The van der Waals surface area contributed by atoms with Crippen molar-refractivity contribution < 1.29 is 9.21 Å². The number of rotatable bonds is 3. The number of carbonyl (C=O) groups is 1. The fourth-order valence-corrected chi connectivity index (χ4v) is 3.58. The van der Waals surface area contributed by atoms with E-state index >= 15 is 0 Å². The van der Waals surface area contributed by atoms with Crippen LogP contribution in [-0.4, -0.2) is 54.5 Å². The number of likely N-dealkylation sites (tertiary alicyclic amines) is 1. The van der Waals surface area contributed by atoms with Crippen LogP contribution in [0.3, 0.4) is 0 Å². The zero-order valence-electron chi connectivity index (χ0n) is 13.7. The van der Waals surface area contributed by atoms with Gasteiger partial charge >= 0.3 is 0 Å². The van der Waals surface area contributed by atoms with Crippen LogP contribution in [0.5, 0.6) is 0 Å². The van der Waals surface area contributed by atoms with Crippen LogP contribution in [-0.2, 0) is 0 Å². The topological polar surface area (TPSA) is 48.7 Å². The Morgan fingerprint density at radius 3 is 2.77 bits per heavy atom. The zero-order chi connectivity index (χ0) is 15.5. The highest BCUT2D eigenvalue weighted by atomic mass is 16.4. The van der Waals surface area contributed by atoms with E-state index in [9.17, 15) is 4.79 Å². The third kappa shape index (κ3) is 3.20. The monoisotopic (exact) mass is 305 g/mol. The first-order valence-electron chi connectivity index (χ1n) is 8.52. The van der Waals surface area contributed by atoms with Crippen LogP contribution in [0.15, 0.2) is 16.5 Å². The summed E-state index contributed by atoms with van der Waals surface area (Å²) in [5, 5.41) is 3.26. The Bertz CT molecular complexity index is 508. The lowest BCUT2D eigenvalue weighted by Crippen LogP contribution is -2.46. The first-order valence-corrected chi connectivity index (χ1v) is 8.52. The summed E-state index contributed by atoms with van der Waals surface area (Å²) < 4.78 is 5.91. The lowest BCUT2D eigenvalue weighted by atomic mass is 10.0. The number of nitrogens with zero attached hydrogens (tertiary/aromatic N) is 2. The summed E-state index contributed by atoms with van der Waals surface area (Å²) in [5.41, 5.74) is 0. The molecule has 1 aromatic heterocycles. The van der Waals surface area contributed by atoms with E-state index in [2.05, 4.69) is 24.1 Å². The largest absolute Gasteiger partial charge is 0.454 e. The molecule has 2 saturated heterocycles. The quantitative estimate of drug-likeness (QED) is 0.930. The second kappa shape index (κ2) is 6.84. The Kier molecular flexibility index (Phi) is 4.84. The Morgan fingerprint density at radius 2 is 2.05 bits per heavy atom. The van der Waals surface area contributed by atoms with Crippen LogP contribution in [0.2, 0.25) is 0 Å². The van der Waals surface area contributed by atoms with Gasteiger partial charge in [0.25, 0.3) is 5.91 Å². The van der Waals surface area contributed by atoms with Gasteiger partial charge in [-0.05, 0) is 45.4 Å². The maximum absolute atomic E-state index is 12.5. The zero-order valence-corrected chi connectivity index (χ0v) is 13.7. The lowest BCUT2D eigenvalue weighted by Gasteiger charge is -2.37. The minimum atomic E-state index is 0.0200. The van der Waals surface area contributed by atoms with Crippen LogP contribution < -0.4 is 5.32 Å². The van der Waals surface area contributed by atoms with Crippen molar-refractivity contribution in [2.45, 2.75) is 45.2 Å². The second-order valence-corrected chi connectivity index (χ2v) is 6.50. The summed E-state index contributed by atoms with van der Waals surface area (Å²) in [6.07, 6.45) is 3.81. The molecule has 0 radical (unpaired) electrons. The maximum Gasteiger partial charge on any atom is 0.289 e. The number of carbonyl (C=O) groups excluding carboxylic acids is 1. The summed E-state index contributed by atoms with van der Waals surface area (Å²) >= 11 is 0. The highest BCUT2D eigenvalue weighted by Crippen LogP contribution is 2.29. The van der Waals surface area contributed by atoms with Crippen molar-refractivity contribution in [3.63, 3.8) is 0 Å². The van der Waals surface area contributed by atoms with Crippen LogP contribution in [0, 0.1) is 0 Å². The molecule has 1 N–H and O–H groups in total. The molecule has 2 aliphatic heterocycles. The molecule has 0 saturated carbocycles. The predicted octanol–water partition coefficient (Wildman–Crippen LogP) is 2.26. The van der Waals surface area contributed by atoms with Crippen molar-refractivity contribution >= 4 is 5.91 Å². The Balaban J connectivity index is 1.68. The average molecular weight is 305 g/mol. The molecule has 0 aromatic carbocycles. The molecule has 1 amide bonds. The molecule has 2 unspecified atom stereocenters. The normalized spacial score (nSPS) is 25.2. The van der Waals surface area contributed by atoms with Gasteiger partial charge in [-0.1, -0.05) is 6.42 Å². The molecule has 3 rings (SSSR count). The van der Waals surface area contributed by atoms with Crippen LogP contribution >= 0.6 is 0 Å². The molecule has 1 aromatic rings. The molecule has 0 bridgehead atoms. The van der Waals surface area contributed by atoms with Crippen molar-refractivity contribution in [3.8, 4) is 0 Å². The van der Waals surface area contributed by atoms with Gasteiger partial charge in [0, 0.05) is 32.2 Å². The van der Waals surface area contributed by atoms with E-state index in [0.717, 1.165) is 38.5 Å². The number of amides is 1. The van der Waals surface area contributed by atoms with Gasteiger partial charge in [0.2, 0.25) is 0 Å². The summed E-state index contributed by atoms with van der Waals surface area (Å²) in [7, 11) is 0. The molecule has 5 nitrogen and oxygen atoms in total. The van der Waals surface area contributed by atoms with Gasteiger partial charge in [-0.25, -0.2) is 0 Å².